The summed E-state index contributed by atoms with van der Waals surface area (Å²) in [6.45, 7) is 6.16. The standard InChI is InChI=1S/C14H19N5O3/c1-4-7-18-12(8-9(2)17-18)16-13(20)10(3)19-11(14(21)22)5-6-15-19/h5-6,8,10H,4,7H2,1-3H3,(H,16,20)(H,21,22). The van der Waals surface area contributed by atoms with E-state index in [9.17, 15) is 9.59 Å². The zero-order chi connectivity index (χ0) is 16.3. The van der Waals surface area contributed by atoms with Gasteiger partial charge in [0.1, 0.15) is 17.6 Å². The maximum atomic E-state index is 12.3. The number of aromatic carboxylic acids is 1. The van der Waals surface area contributed by atoms with Crippen LogP contribution in [0.3, 0.4) is 0 Å². The van der Waals surface area contributed by atoms with Gasteiger partial charge in [0.25, 0.3) is 0 Å². The molecule has 0 bridgehead atoms. The van der Waals surface area contributed by atoms with Crippen molar-refractivity contribution in [3.8, 4) is 0 Å². The number of nitrogens with one attached hydrogen (secondary N) is 1. The van der Waals surface area contributed by atoms with Gasteiger partial charge in [-0.25, -0.2) is 14.2 Å². The van der Waals surface area contributed by atoms with E-state index in [-0.39, 0.29) is 11.6 Å². The molecule has 118 valence electrons. The average Bonchev–Trinajstić information content (AvgIpc) is 3.05. The predicted molar refractivity (Wildman–Crippen MR) is 79.8 cm³/mol. The molecule has 8 nitrogen and oxygen atoms in total. The third kappa shape index (κ3) is 3.16. The molecule has 2 heterocycles. The zero-order valence-corrected chi connectivity index (χ0v) is 12.8. The second-order valence-corrected chi connectivity index (χ2v) is 5.03. The summed E-state index contributed by atoms with van der Waals surface area (Å²) in [5.41, 5.74) is 0.780. The van der Waals surface area contributed by atoms with E-state index < -0.39 is 12.0 Å². The fourth-order valence-corrected chi connectivity index (χ4v) is 2.16. The van der Waals surface area contributed by atoms with Crippen LogP contribution in [0.5, 0.6) is 0 Å². The zero-order valence-electron chi connectivity index (χ0n) is 12.8. The molecule has 0 aliphatic heterocycles. The highest BCUT2D eigenvalue weighted by molar-refractivity contribution is 5.94. The first-order valence-electron chi connectivity index (χ1n) is 7.06. The first-order chi connectivity index (χ1) is 10.4. The van der Waals surface area contributed by atoms with E-state index >= 15 is 0 Å². The van der Waals surface area contributed by atoms with Gasteiger partial charge in [-0.1, -0.05) is 6.92 Å². The molecular formula is C14H19N5O3. The van der Waals surface area contributed by atoms with Gasteiger partial charge in [0.2, 0.25) is 5.91 Å². The highest BCUT2D eigenvalue weighted by atomic mass is 16.4. The molecule has 2 aromatic heterocycles. The number of aromatic nitrogens is 4. The number of anilines is 1. The number of rotatable bonds is 6. The van der Waals surface area contributed by atoms with Crippen molar-refractivity contribution < 1.29 is 14.7 Å². The lowest BCUT2D eigenvalue weighted by Crippen LogP contribution is -2.27. The van der Waals surface area contributed by atoms with Crippen LogP contribution in [0.1, 0.15) is 42.5 Å². The van der Waals surface area contributed by atoms with Gasteiger partial charge in [-0.2, -0.15) is 10.2 Å². The third-order valence-corrected chi connectivity index (χ3v) is 3.22. The summed E-state index contributed by atoms with van der Waals surface area (Å²) in [7, 11) is 0. The summed E-state index contributed by atoms with van der Waals surface area (Å²) in [6, 6.07) is 2.39. The monoisotopic (exact) mass is 305 g/mol. The van der Waals surface area contributed by atoms with Gasteiger partial charge in [-0.15, -0.1) is 0 Å². The van der Waals surface area contributed by atoms with Gasteiger partial charge >= 0.3 is 5.97 Å². The van der Waals surface area contributed by atoms with Crippen molar-refractivity contribution in [1.29, 1.82) is 0 Å². The largest absolute Gasteiger partial charge is 0.477 e. The fourth-order valence-electron chi connectivity index (χ4n) is 2.16. The van der Waals surface area contributed by atoms with Crippen LogP contribution in [-0.4, -0.2) is 36.5 Å². The van der Waals surface area contributed by atoms with Crippen LogP contribution in [0.25, 0.3) is 0 Å². The summed E-state index contributed by atoms with van der Waals surface area (Å²) < 4.78 is 2.91. The Bertz CT molecular complexity index is 688. The summed E-state index contributed by atoms with van der Waals surface area (Å²) in [6.07, 6.45) is 2.25. The van der Waals surface area contributed by atoms with Crippen LogP contribution in [0.15, 0.2) is 18.3 Å². The molecule has 2 rings (SSSR count). The smallest absolute Gasteiger partial charge is 0.354 e. The number of amides is 1. The molecule has 0 aliphatic rings. The number of carboxylic acid groups (broad SMARTS) is 1. The van der Waals surface area contributed by atoms with E-state index in [1.54, 1.807) is 17.7 Å². The van der Waals surface area contributed by atoms with E-state index in [4.69, 9.17) is 5.11 Å². The molecule has 0 spiro atoms. The Balaban J connectivity index is 2.18. The van der Waals surface area contributed by atoms with E-state index in [0.717, 1.165) is 12.1 Å². The summed E-state index contributed by atoms with van der Waals surface area (Å²) >= 11 is 0. The SMILES string of the molecule is CCCn1nc(C)cc1NC(=O)C(C)n1nccc1C(=O)O. The molecule has 2 N–H and O–H groups in total. The summed E-state index contributed by atoms with van der Waals surface area (Å²) in [5.74, 6) is -0.868. The Morgan fingerprint density at radius 2 is 2.18 bits per heavy atom. The molecule has 1 unspecified atom stereocenters. The molecule has 0 saturated carbocycles. The minimum absolute atomic E-state index is 0.0269. The Morgan fingerprint density at radius 1 is 1.45 bits per heavy atom. The molecule has 1 atom stereocenters. The van der Waals surface area contributed by atoms with E-state index in [1.807, 2.05) is 13.8 Å². The van der Waals surface area contributed by atoms with Crippen molar-refractivity contribution in [3.63, 3.8) is 0 Å². The van der Waals surface area contributed by atoms with Crippen molar-refractivity contribution in [2.45, 2.75) is 39.8 Å². The lowest BCUT2D eigenvalue weighted by Gasteiger charge is -2.15. The van der Waals surface area contributed by atoms with Crippen LogP contribution in [0.2, 0.25) is 0 Å². The normalized spacial score (nSPS) is 12.1. The quantitative estimate of drug-likeness (QED) is 0.845. The highest BCUT2D eigenvalue weighted by Crippen LogP contribution is 2.15. The fraction of sp³-hybridized carbons (Fsp3) is 0.429. The highest BCUT2D eigenvalue weighted by Gasteiger charge is 2.22. The minimum Gasteiger partial charge on any atom is -0.477 e. The second kappa shape index (κ2) is 6.42. The van der Waals surface area contributed by atoms with Crippen molar-refractivity contribution in [2.24, 2.45) is 0 Å². The van der Waals surface area contributed by atoms with Crippen molar-refractivity contribution >= 4 is 17.7 Å². The molecule has 0 fully saturated rings. The summed E-state index contributed by atoms with van der Waals surface area (Å²) in [4.78, 5) is 23.4. The Morgan fingerprint density at radius 3 is 2.82 bits per heavy atom. The molecule has 0 aromatic carbocycles. The lowest BCUT2D eigenvalue weighted by molar-refractivity contribution is -0.119. The van der Waals surface area contributed by atoms with Gasteiger partial charge in [0.05, 0.1) is 5.69 Å². The molecule has 8 heteroatoms. The second-order valence-electron chi connectivity index (χ2n) is 5.03. The molecule has 1 amide bonds. The maximum Gasteiger partial charge on any atom is 0.354 e. The molecule has 0 aliphatic carbocycles. The van der Waals surface area contributed by atoms with Crippen LogP contribution in [-0.2, 0) is 11.3 Å². The topological polar surface area (TPSA) is 102 Å². The number of carbonyl (C=O) groups excluding carboxylic acids is 1. The van der Waals surface area contributed by atoms with Crippen LogP contribution in [0.4, 0.5) is 5.82 Å². The van der Waals surface area contributed by atoms with Gasteiger partial charge in [-0.05, 0) is 26.3 Å². The molecular weight excluding hydrogens is 286 g/mol. The number of aryl methyl sites for hydroxylation is 2. The number of carboxylic acids is 1. The van der Waals surface area contributed by atoms with E-state index in [0.29, 0.717) is 12.4 Å². The Labute approximate surface area is 127 Å². The predicted octanol–water partition coefficient (Wildman–Crippen LogP) is 1.70. The number of nitrogens with zero attached hydrogens (tertiary/aromatic N) is 4. The maximum absolute atomic E-state index is 12.3. The minimum atomic E-state index is -1.12. The molecule has 22 heavy (non-hydrogen) atoms. The van der Waals surface area contributed by atoms with E-state index in [1.165, 1.54) is 16.9 Å². The average molecular weight is 305 g/mol. The van der Waals surface area contributed by atoms with Crippen molar-refractivity contribution in [3.05, 3.63) is 29.7 Å². The van der Waals surface area contributed by atoms with Gasteiger partial charge in [0.15, 0.2) is 0 Å². The van der Waals surface area contributed by atoms with Crippen LogP contribution < -0.4 is 5.32 Å². The molecule has 2 aromatic rings. The van der Waals surface area contributed by atoms with E-state index in [2.05, 4.69) is 15.5 Å². The third-order valence-electron chi connectivity index (χ3n) is 3.22. The van der Waals surface area contributed by atoms with Crippen molar-refractivity contribution in [2.75, 3.05) is 5.32 Å². The first-order valence-corrected chi connectivity index (χ1v) is 7.06. The summed E-state index contributed by atoms with van der Waals surface area (Å²) in [5, 5.41) is 20.1. The number of hydrogen-bond donors (Lipinski definition) is 2. The Hall–Kier alpha value is -2.64. The number of carbonyl (C=O) groups is 2. The van der Waals surface area contributed by atoms with Gasteiger partial charge in [0, 0.05) is 18.8 Å². The van der Waals surface area contributed by atoms with Gasteiger partial charge < -0.3 is 10.4 Å². The van der Waals surface area contributed by atoms with Crippen LogP contribution in [0, 0.1) is 6.92 Å². The molecule has 0 radical (unpaired) electrons. The van der Waals surface area contributed by atoms with Gasteiger partial charge in [-0.3, -0.25) is 4.79 Å². The van der Waals surface area contributed by atoms with Crippen molar-refractivity contribution in [1.82, 2.24) is 19.6 Å². The number of hydrogen-bond acceptors (Lipinski definition) is 4. The Kier molecular flexibility index (Phi) is 4.59. The van der Waals surface area contributed by atoms with Crippen LogP contribution >= 0.6 is 0 Å². The first kappa shape index (κ1) is 15.7. The lowest BCUT2D eigenvalue weighted by atomic mass is 10.3. The molecule has 0 saturated heterocycles.